The number of methoxy groups -OCH3 is 1. The average Bonchev–Trinajstić information content (AvgIpc) is 2.64. The SMILES string of the molecule is COc1ccc(CC(=O)O)cc1CN(CCc1ccccc1F)C(=O)OC(C)(C)C. The molecule has 0 saturated carbocycles. The molecular weight excluding hydrogens is 389 g/mol. The first kappa shape index (κ1) is 23.2. The minimum atomic E-state index is -0.949. The molecule has 6 nitrogen and oxygen atoms in total. The second kappa shape index (κ2) is 10.1. The van der Waals surface area contributed by atoms with Crippen molar-refractivity contribution in [3.63, 3.8) is 0 Å². The van der Waals surface area contributed by atoms with E-state index in [-0.39, 0.29) is 25.3 Å². The molecule has 162 valence electrons. The number of aliphatic carboxylic acids is 1. The molecule has 1 N–H and O–H groups in total. The molecule has 7 heteroatoms. The van der Waals surface area contributed by atoms with Gasteiger partial charge in [0.15, 0.2) is 0 Å². The number of nitrogens with zero attached hydrogens (tertiary/aromatic N) is 1. The molecule has 0 bridgehead atoms. The lowest BCUT2D eigenvalue weighted by Crippen LogP contribution is -2.37. The molecule has 0 aliphatic carbocycles. The Bertz CT molecular complexity index is 891. The lowest BCUT2D eigenvalue weighted by atomic mass is 10.1. The zero-order valence-electron chi connectivity index (χ0n) is 17.8. The van der Waals surface area contributed by atoms with E-state index < -0.39 is 17.7 Å². The summed E-state index contributed by atoms with van der Waals surface area (Å²) < 4.78 is 24.9. The fraction of sp³-hybridized carbons (Fsp3) is 0.391. The molecule has 0 radical (unpaired) electrons. The predicted octanol–water partition coefficient (Wildman–Crippen LogP) is 4.44. The van der Waals surface area contributed by atoms with Gasteiger partial charge < -0.3 is 19.5 Å². The van der Waals surface area contributed by atoms with Crippen LogP contribution in [0.2, 0.25) is 0 Å². The van der Waals surface area contributed by atoms with Crippen LogP contribution in [0.25, 0.3) is 0 Å². The van der Waals surface area contributed by atoms with Crippen molar-refractivity contribution >= 4 is 12.1 Å². The Labute approximate surface area is 176 Å². The van der Waals surface area contributed by atoms with Crippen molar-refractivity contribution in [1.82, 2.24) is 4.90 Å². The van der Waals surface area contributed by atoms with Crippen molar-refractivity contribution in [1.29, 1.82) is 0 Å². The third-order valence-electron chi connectivity index (χ3n) is 4.32. The lowest BCUT2D eigenvalue weighted by molar-refractivity contribution is -0.136. The molecule has 2 aromatic rings. The molecule has 2 aromatic carbocycles. The van der Waals surface area contributed by atoms with Crippen LogP contribution >= 0.6 is 0 Å². The zero-order chi connectivity index (χ0) is 22.3. The van der Waals surface area contributed by atoms with Gasteiger partial charge >= 0.3 is 12.1 Å². The van der Waals surface area contributed by atoms with Gasteiger partial charge in [-0.05, 0) is 56.5 Å². The first-order valence-corrected chi connectivity index (χ1v) is 9.68. The van der Waals surface area contributed by atoms with Crippen molar-refractivity contribution in [3.8, 4) is 5.75 Å². The number of ether oxygens (including phenoxy) is 2. The monoisotopic (exact) mass is 417 g/mol. The maximum atomic E-state index is 14.0. The van der Waals surface area contributed by atoms with E-state index in [0.717, 1.165) is 0 Å². The number of carbonyl (C=O) groups is 2. The summed E-state index contributed by atoms with van der Waals surface area (Å²) in [7, 11) is 1.51. The summed E-state index contributed by atoms with van der Waals surface area (Å²) in [6.45, 7) is 5.68. The van der Waals surface area contributed by atoms with Gasteiger partial charge in [0.05, 0.1) is 20.1 Å². The normalized spacial score (nSPS) is 11.1. The number of halogens is 1. The van der Waals surface area contributed by atoms with E-state index in [2.05, 4.69) is 0 Å². The first-order chi connectivity index (χ1) is 14.1. The minimum absolute atomic E-state index is 0.139. The van der Waals surface area contributed by atoms with Crippen LogP contribution in [0.3, 0.4) is 0 Å². The maximum Gasteiger partial charge on any atom is 0.410 e. The number of hydrogen-bond donors (Lipinski definition) is 1. The van der Waals surface area contributed by atoms with E-state index in [0.29, 0.717) is 28.9 Å². The van der Waals surface area contributed by atoms with E-state index in [9.17, 15) is 14.0 Å². The van der Waals surface area contributed by atoms with E-state index in [1.807, 2.05) is 0 Å². The number of hydrogen-bond acceptors (Lipinski definition) is 4. The van der Waals surface area contributed by atoms with Gasteiger partial charge in [0.1, 0.15) is 17.2 Å². The van der Waals surface area contributed by atoms with Crippen molar-refractivity contribution in [3.05, 3.63) is 65.0 Å². The standard InChI is InChI=1S/C23H28FNO5/c1-23(2,3)30-22(28)25(12-11-17-7-5-6-8-19(17)24)15-18-13-16(14-21(26)27)9-10-20(18)29-4/h5-10,13H,11-12,14-15H2,1-4H3,(H,26,27). The molecule has 0 heterocycles. The number of carboxylic acid groups (broad SMARTS) is 1. The molecule has 0 atom stereocenters. The lowest BCUT2D eigenvalue weighted by Gasteiger charge is -2.28. The largest absolute Gasteiger partial charge is 0.496 e. The van der Waals surface area contributed by atoms with Gasteiger partial charge in [0.2, 0.25) is 0 Å². The molecule has 2 rings (SSSR count). The molecule has 1 amide bonds. The second-order valence-corrected chi connectivity index (χ2v) is 7.96. The minimum Gasteiger partial charge on any atom is -0.496 e. The number of carboxylic acids is 1. The van der Waals surface area contributed by atoms with Gasteiger partial charge in [-0.1, -0.05) is 24.3 Å². The number of amides is 1. The first-order valence-electron chi connectivity index (χ1n) is 9.68. The Morgan fingerprint density at radius 3 is 2.40 bits per heavy atom. The van der Waals surface area contributed by atoms with Gasteiger partial charge in [-0.3, -0.25) is 4.79 Å². The summed E-state index contributed by atoms with van der Waals surface area (Å²) in [5, 5.41) is 9.07. The number of rotatable bonds is 8. The van der Waals surface area contributed by atoms with Crippen LogP contribution in [0.15, 0.2) is 42.5 Å². The zero-order valence-corrected chi connectivity index (χ0v) is 17.8. The van der Waals surface area contributed by atoms with Crippen LogP contribution in [-0.4, -0.2) is 41.3 Å². The number of benzene rings is 2. The highest BCUT2D eigenvalue weighted by molar-refractivity contribution is 5.71. The summed E-state index contributed by atoms with van der Waals surface area (Å²) in [4.78, 5) is 25.3. The summed E-state index contributed by atoms with van der Waals surface area (Å²) in [6.07, 6.45) is -0.369. The van der Waals surface area contributed by atoms with Crippen molar-refractivity contribution < 1.29 is 28.6 Å². The highest BCUT2D eigenvalue weighted by Crippen LogP contribution is 2.23. The smallest absolute Gasteiger partial charge is 0.410 e. The number of carbonyl (C=O) groups excluding carboxylic acids is 1. The van der Waals surface area contributed by atoms with Gasteiger partial charge in [0, 0.05) is 12.1 Å². The summed E-state index contributed by atoms with van der Waals surface area (Å²) >= 11 is 0. The van der Waals surface area contributed by atoms with E-state index >= 15 is 0 Å². The van der Waals surface area contributed by atoms with Crippen LogP contribution in [0, 0.1) is 5.82 Å². The van der Waals surface area contributed by atoms with E-state index in [1.165, 1.54) is 18.1 Å². The Kier molecular flexibility index (Phi) is 7.80. The van der Waals surface area contributed by atoms with Crippen LogP contribution in [-0.2, 0) is 28.9 Å². The average molecular weight is 417 g/mol. The third kappa shape index (κ3) is 7.06. The van der Waals surface area contributed by atoms with E-state index in [4.69, 9.17) is 14.6 Å². The second-order valence-electron chi connectivity index (χ2n) is 7.96. The molecule has 0 fully saturated rings. The maximum absolute atomic E-state index is 14.0. The van der Waals surface area contributed by atoms with Crippen LogP contribution in [0.4, 0.5) is 9.18 Å². The van der Waals surface area contributed by atoms with Gasteiger partial charge in [-0.15, -0.1) is 0 Å². The summed E-state index contributed by atoms with van der Waals surface area (Å²) in [5.74, 6) is -0.749. The molecule has 0 spiro atoms. The Hall–Kier alpha value is -3.09. The van der Waals surface area contributed by atoms with Gasteiger partial charge in [-0.2, -0.15) is 0 Å². The van der Waals surface area contributed by atoms with Crippen LogP contribution in [0.1, 0.15) is 37.5 Å². The molecule has 30 heavy (non-hydrogen) atoms. The molecular formula is C23H28FNO5. The van der Waals surface area contributed by atoms with Crippen molar-refractivity contribution in [2.45, 2.75) is 45.8 Å². The molecule has 0 aromatic heterocycles. The van der Waals surface area contributed by atoms with Gasteiger partial charge in [0.25, 0.3) is 0 Å². The van der Waals surface area contributed by atoms with E-state index in [1.54, 1.807) is 57.2 Å². The van der Waals surface area contributed by atoms with Crippen LogP contribution in [0.5, 0.6) is 5.75 Å². The third-order valence-corrected chi connectivity index (χ3v) is 4.32. The molecule has 0 saturated heterocycles. The Morgan fingerprint density at radius 1 is 1.10 bits per heavy atom. The predicted molar refractivity (Wildman–Crippen MR) is 111 cm³/mol. The van der Waals surface area contributed by atoms with Crippen molar-refractivity contribution in [2.75, 3.05) is 13.7 Å². The highest BCUT2D eigenvalue weighted by atomic mass is 19.1. The Morgan fingerprint density at radius 2 is 1.80 bits per heavy atom. The van der Waals surface area contributed by atoms with Gasteiger partial charge in [-0.25, -0.2) is 9.18 Å². The molecule has 0 aliphatic heterocycles. The van der Waals surface area contributed by atoms with Crippen LogP contribution < -0.4 is 4.74 Å². The summed E-state index contributed by atoms with van der Waals surface area (Å²) in [5.41, 5.74) is 1.05. The van der Waals surface area contributed by atoms with Crippen molar-refractivity contribution in [2.24, 2.45) is 0 Å². The molecule has 0 unspecified atom stereocenters. The molecule has 0 aliphatic rings. The highest BCUT2D eigenvalue weighted by Gasteiger charge is 2.24. The topological polar surface area (TPSA) is 76.1 Å². The fourth-order valence-electron chi connectivity index (χ4n) is 2.96. The quantitative estimate of drug-likeness (QED) is 0.687. The Balaban J connectivity index is 2.28. The fourth-order valence-corrected chi connectivity index (χ4v) is 2.96. The summed E-state index contributed by atoms with van der Waals surface area (Å²) in [6, 6.07) is 11.5.